The van der Waals surface area contributed by atoms with E-state index < -0.39 is 0 Å². The molecule has 1 aromatic heterocycles. The van der Waals surface area contributed by atoms with Crippen LogP contribution in [0.4, 0.5) is 5.69 Å². The molecule has 0 saturated carbocycles. The Balaban J connectivity index is 2.36. The summed E-state index contributed by atoms with van der Waals surface area (Å²) in [6, 6.07) is 3.80. The maximum Gasteiger partial charge on any atom is 0.0740 e. The second-order valence-electron chi connectivity index (χ2n) is 3.76. The Kier molecular flexibility index (Phi) is 5.12. The van der Waals surface area contributed by atoms with Crippen molar-refractivity contribution in [3.05, 3.63) is 24.5 Å². The molecule has 84 valence electrons. The second-order valence-corrected chi connectivity index (χ2v) is 3.76. The number of aromatic nitrogens is 1. The fourth-order valence-corrected chi connectivity index (χ4v) is 1.69. The molecule has 0 aliphatic carbocycles. The van der Waals surface area contributed by atoms with Crippen LogP contribution in [0.2, 0.25) is 0 Å². The molecule has 2 N–H and O–H groups in total. The number of hydrogen-bond acceptors (Lipinski definition) is 3. The molecule has 0 radical (unpaired) electrons. The lowest BCUT2D eigenvalue weighted by molar-refractivity contribution is 0.114. The first-order valence-electron chi connectivity index (χ1n) is 5.59. The van der Waals surface area contributed by atoms with E-state index in [-0.39, 0.29) is 6.10 Å². The monoisotopic (exact) mass is 208 g/mol. The SMILES string of the molecule is CCC(CC)C(O)CNc1ccncc1. The molecule has 0 aliphatic heterocycles. The van der Waals surface area contributed by atoms with Crippen LogP contribution in [-0.2, 0) is 0 Å². The van der Waals surface area contributed by atoms with Crippen molar-refractivity contribution in [2.45, 2.75) is 32.8 Å². The van der Waals surface area contributed by atoms with Gasteiger partial charge < -0.3 is 10.4 Å². The minimum Gasteiger partial charge on any atom is -0.391 e. The Morgan fingerprint density at radius 3 is 2.40 bits per heavy atom. The molecule has 3 nitrogen and oxygen atoms in total. The van der Waals surface area contributed by atoms with Crippen LogP contribution in [0.15, 0.2) is 24.5 Å². The number of aliphatic hydroxyl groups is 1. The van der Waals surface area contributed by atoms with E-state index in [1.54, 1.807) is 12.4 Å². The smallest absolute Gasteiger partial charge is 0.0740 e. The average molecular weight is 208 g/mol. The van der Waals surface area contributed by atoms with Crippen LogP contribution in [0.3, 0.4) is 0 Å². The van der Waals surface area contributed by atoms with Gasteiger partial charge in [0.25, 0.3) is 0 Å². The Bertz CT molecular complexity index is 260. The van der Waals surface area contributed by atoms with Gasteiger partial charge in [-0.15, -0.1) is 0 Å². The van der Waals surface area contributed by atoms with Crippen molar-refractivity contribution in [3.63, 3.8) is 0 Å². The summed E-state index contributed by atoms with van der Waals surface area (Å²) in [6.45, 7) is 4.84. The minimum absolute atomic E-state index is 0.270. The number of nitrogens with one attached hydrogen (secondary N) is 1. The predicted octanol–water partition coefficient (Wildman–Crippen LogP) is 2.29. The number of nitrogens with zero attached hydrogens (tertiary/aromatic N) is 1. The van der Waals surface area contributed by atoms with E-state index in [1.165, 1.54) is 0 Å². The lowest BCUT2D eigenvalue weighted by atomic mass is 9.96. The first-order valence-corrected chi connectivity index (χ1v) is 5.59. The van der Waals surface area contributed by atoms with E-state index in [0.29, 0.717) is 12.5 Å². The first kappa shape index (κ1) is 12.0. The molecular weight excluding hydrogens is 188 g/mol. The van der Waals surface area contributed by atoms with Gasteiger partial charge >= 0.3 is 0 Å². The Morgan fingerprint density at radius 1 is 1.27 bits per heavy atom. The molecule has 0 bridgehead atoms. The molecule has 1 rings (SSSR count). The summed E-state index contributed by atoms with van der Waals surface area (Å²) in [5.74, 6) is 0.388. The summed E-state index contributed by atoms with van der Waals surface area (Å²) in [6.07, 6.45) is 5.26. The summed E-state index contributed by atoms with van der Waals surface area (Å²) in [5.41, 5.74) is 1.01. The van der Waals surface area contributed by atoms with E-state index in [9.17, 15) is 5.11 Å². The van der Waals surface area contributed by atoms with Crippen LogP contribution in [-0.4, -0.2) is 22.7 Å². The maximum absolute atomic E-state index is 9.89. The Hall–Kier alpha value is -1.09. The zero-order valence-electron chi connectivity index (χ0n) is 9.48. The lowest BCUT2D eigenvalue weighted by Crippen LogP contribution is -2.27. The van der Waals surface area contributed by atoms with Gasteiger partial charge in [-0.25, -0.2) is 0 Å². The van der Waals surface area contributed by atoms with Gasteiger partial charge in [-0.1, -0.05) is 26.7 Å². The number of hydrogen-bond donors (Lipinski definition) is 2. The highest BCUT2D eigenvalue weighted by Gasteiger charge is 2.14. The fraction of sp³-hybridized carbons (Fsp3) is 0.583. The molecule has 0 spiro atoms. The van der Waals surface area contributed by atoms with Gasteiger partial charge in [-0.2, -0.15) is 0 Å². The highest BCUT2D eigenvalue weighted by atomic mass is 16.3. The van der Waals surface area contributed by atoms with Gasteiger partial charge in [0, 0.05) is 24.6 Å². The summed E-state index contributed by atoms with van der Waals surface area (Å²) < 4.78 is 0. The van der Waals surface area contributed by atoms with Crippen molar-refractivity contribution in [1.82, 2.24) is 4.98 Å². The van der Waals surface area contributed by atoms with Gasteiger partial charge in [0.15, 0.2) is 0 Å². The highest BCUT2D eigenvalue weighted by Crippen LogP contribution is 2.14. The molecule has 1 aromatic rings. The van der Waals surface area contributed by atoms with E-state index in [4.69, 9.17) is 0 Å². The van der Waals surface area contributed by atoms with Gasteiger partial charge in [0.2, 0.25) is 0 Å². The summed E-state index contributed by atoms with van der Waals surface area (Å²) in [5, 5.41) is 13.1. The first-order chi connectivity index (χ1) is 7.27. The molecule has 1 unspecified atom stereocenters. The third kappa shape index (κ3) is 3.88. The molecule has 1 atom stereocenters. The lowest BCUT2D eigenvalue weighted by Gasteiger charge is -2.20. The molecule has 15 heavy (non-hydrogen) atoms. The van der Waals surface area contributed by atoms with Gasteiger partial charge in [0.05, 0.1) is 6.10 Å². The number of rotatable bonds is 6. The second kappa shape index (κ2) is 6.40. The average Bonchev–Trinajstić information content (AvgIpc) is 2.29. The minimum atomic E-state index is -0.270. The van der Waals surface area contributed by atoms with E-state index >= 15 is 0 Å². The van der Waals surface area contributed by atoms with Crippen LogP contribution >= 0.6 is 0 Å². The van der Waals surface area contributed by atoms with E-state index in [2.05, 4.69) is 24.1 Å². The van der Waals surface area contributed by atoms with Crippen LogP contribution < -0.4 is 5.32 Å². The zero-order valence-corrected chi connectivity index (χ0v) is 9.48. The van der Waals surface area contributed by atoms with Crippen LogP contribution in [0.25, 0.3) is 0 Å². The predicted molar refractivity (Wildman–Crippen MR) is 62.8 cm³/mol. The number of anilines is 1. The largest absolute Gasteiger partial charge is 0.391 e. The third-order valence-electron chi connectivity index (χ3n) is 2.79. The van der Waals surface area contributed by atoms with Crippen LogP contribution in [0.1, 0.15) is 26.7 Å². The van der Waals surface area contributed by atoms with Crippen LogP contribution in [0, 0.1) is 5.92 Å². The fourth-order valence-electron chi connectivity index (χ4n) is 1.69. The third-order valence-corrected chi connectivity index (χ3v) is 2.79. The Labute approximate surface area is 91.5 Å². The van der Waals surface area contributed by atoms with Crippen molar-refractivity contribution < 1.29 is 5.11 Å². The Morgan fingerprint density at radius 2 is 1.87 bits per heavy atom. The molecular formula is C12H20N2O. The summed E-state index contributed by atoms with van der Waals surface area (Å²) >= 11 is 0. The standard InChI is InChI=1S/C12H20N2O/c1-3-10(4-2)12(15)9-14-11-5-7-13-8-6-11/h5-8,10,12,15H,3-4,9H2,1-2H3,(H,13,14). The molecule has 0 fully saturated rings. The molecule has 1 heterocycles. The normalized spacial score (nSPS) is 12.8. The number of aliphatic hydroxyl groups excluding tert-OH is 1. The molecule has 0 aromatic carbocycles. The van der Waals surface area contributed by atoms with Gasteiger partial charge in [0.1, 0.15) is 0 Å². The van der Waals surface area contributed by atoms with Gasteiger partial charge in [-0.3, -0.25) is 4.98 Å². The topological polar surface area (TPSA) is 45.1 Å². The van der Waals surface area contributed by atoms with E-state index in [1.807, 2.05) is 12.1 Å². The van der Waals surface area contributed by atoms with Crippen molar-refractivity contribution in [2.24, 2.45) is 5.92 Å². The molecule has 0 saturated heterocycles. The highest BCUT2D eigenvalue weighted by molar-refractivity contribution is 5.40. The molecule has 3 heteroatoms. The van der Waals surface area contributed by atoms with Gasteiger partial charge in [-0.05, 0) is 18.1 Å². The van der Waals surface area contributed by atoms with Crippen molar-refractivity contribution in [1.29, 1.82) is 0 Å². The quantitative estimate of drug-likeness (QED) is 0.754. The maximum atomic E-state index is 9.89. The zero-order chi connectivity index (χ0) is 11.1. The number of pyridine rings is 1. The summed E-state index contributed by atoms with van der Waals surface area (Å²) in [7, 11) is 0. The van der Waals surface area contributed by atoms with Crippen molar-refractivity contribution >= 4 is 5.69 Å². The molecule has 0 aliphatic rings. The van der Waals surface area contributed by atoms with E-state index in [0.717, 1.165) is 18.5 Å². The molecule has 0 amide bonds. The van der Waals surface area contributed by atoms with Crippen molar-refractivity contribution in [2.75, 3.05) is 11.9 Å². The summed E-state index contributed by atoms with van der Waals surface area (Å²) in [4.78, 5) is 3.94. The van der Waals surface area contributed by atoms with Crippen LogP contribution in [0.5, 0.6) is 0 Å². The van der Waals surface area contributed by atoms with Crippen molar-refractivity contribution in [3.8, 4) is 0 Å².